The zero-order valence-electron chi connectivity index (χ0n) is 15.4. The Morgan fingerprint density at radius 3 is 2.67 bits per heavy atom. The molecule has 2 heterocycles. The molecule has 1 atom stereocenters. The first kappa shape index (κ1) is 18.4. The highest BCUT2D eigenvalue weighted by atomic mass is 16.4. The zero-order chi connectivity index (χ0) is 19.6. The van der Waals surface area contributed by atoms with Gasteiger partial charge in [0.15, 0.2) is 0 Å². The van der Waals surface area contributed by atoms with Crippen molar-refractivity contribution in [3.05, 3.63) is 65.2 Å². The molecule has 1 amide bonds. The number of nitrogens with one attached hydrogen (secondary N) is 1. The first-order valence-corrected chi connectivity index (χ1v) is 8.53. The SMILES string of the molecule is Cc1cc(C)n(Cc2cccc(NC(=O)c3ccnn3C(C)C(=O)O)c2)n1. The van der Waals surface area contributed by atoms with Crippen LogP contribution in [0.5, 0.6) is 0 Å². The fourth-order valence-electron chi connectivity index (χ4n) is 2.86. The van der Waals surface area contributed by atoms with Gasteiger partial charge >= 0.3 is 5.97 Å². The second-order valence-corrected chi connectivity index (χ2v) is 6.41. The summed E-state index contributed by atoms with van der Waals surface area (Å²) >= 11 is 0. The van der Waals surface area contributed by atoms with Crippen molar-refractivity contribution in [2.75, 3.05) is 5.32 Å². The van der Waals surface area contributed by atoms with E-state index in [1.54, 1.807) is 6.07 Å². The Kier molecular flexibility index (Phi) is 5.07. The normalized spacial score (nSPS) is 12.0. The molecule has 3 aromatic rings. The Morgan fingerprint density at radius 2 is 2.00 bits per heavy atom. The lowest BCUT2D eigenvalue weighted by molar-refractivity contribution is -0.140. The van der Waals surface area contributed by atoms with Crippen molar-refractivity contribution in [3.8, 4) is 0 Å². The van der Waals surface area contributed by atoms with Gasteiger partial charge in [0.25, 0.3) is 5.91 Å². The quantitative estimate of drug-likeness (QED) is 0.697. The molecular weight excluding hydrogens is 346 g/mol. The van der Waals surface area contributed by atoms with Gasteiger partial charge in [0, 0.05) is 17.6 Å². The number of carboxylic acid groups (broad SMARTS) is 1. The zero-order valence-corrected chi connectivity index (χ0v) is 15.4. The van der Waals surface area contributed by atoms with Gasteiger partial charge in [-0.05, 0) is 50.6 Å². The van der Waals surface area contributed by atoms with E-state index >= 15 is 0 Å². The number of nitrogens with zero attached hydrogens (tertiary/aromatic N) is 4. The molecule has 2 aromatic heterocycles. The summed E-state index contributed by atoms with van der Waals surface area (Å²) in [6.45, 7) is 6.01. The third-order valence-corrected chi connectivity index (χ3v) is 4.25. The summed E-state index contributed by atoms with van der Waals surface area (Å²) in [6.07, 6.45) is 1.41. The van der Waals surface area contributed by atoms with Crippen LogP contribution in [0.4, 0.5) is 5.69 Å². The predicted octanol–water partition coefficient (Wildman–Crippen LogP) is 2.64. The average Bonchev–Trinajstić information content (AvgIpc) is 3.21. The van der Waals surface area contributed by atoms with Gasteiger partial charge in [-0.3, -0.25) is 9.48 Å². The van der Waals surface area contributed by atoms with Gasteiger partial charge in [-0.25, -0.2) is 9.48 Å². The van der Waals surface area contributed by atoms with E-state index in [-0.39, 0.29) is 5.69 Å². The van der Waals surface area contributed by atoms with Crippen LogP contribution >= 0.6 is 0 Å². The lowest BCUT2D eigenvalue weighted by Crippen LogP contribution is -2.24. The molecule has 0 aliphatic rings. The molecule has 3 rings (SSSR count). The molecule has 140 valence electrons. The van der Waals surface area contributed by atoms with Gasteiger partial charge in [-0.2, -0.15) is 10.2 Å². The Morgan fingerprint density at radius 1 is 1.22 bits per heavy atom. The van der Waals surface area contributed by atoms with Crippen LogP contribution in [0.2, 0.25) is 0 Å². The van der Waals surface area contributed by atoms with Crippen molar-refractivity contribution in [2.24, 2.45) is 0 Å². The molecule has 0 saturated heterocycles. The van der Waals surface area contributed by atoms with Crippen LogP contribution in [0.25, 0.3) is 0 Å². The number of anilines is 1. The van der Waals surface area contributed by atoms with E-state index in [1.807, 2.05) is 42.8 Å². The summed E-state index contributed by atoms with van der Waals surface area (Å²) in [6, 6.07) is 10.0. The number of hydrogen-bond donors (Lipinski definition) is 2. The minimum atomic E-state index is -1.06. The number of carbonyl (C=O) groups excluding carboxylic acids is 1. The van der Waals surface area contributed by atoms with Crippen LogP contribution in [-0.2, 0) is 11.3 Å². The molecule has 0 fully saturated rings. The van der Waals surface area contributed by atoms with Gasteiger partial charge in [0.1, 0.15) is 11.7 Å². The highest BCUT2D eigenvalue weighted by Crippen LogP contribution is 2.16. The molecule has 0 saturated carbocycles. The molecule has 8 heteroatoms. The molecule has 0 spiro atoms. The molecule has 1 aromatic carbocycles. The number of benzene rings is 1. The Labute approximate surface area is 156 Å². The van der Waals surface area contributed by atoms with E-state index in [4.69, 9.17) is 5.11 Å². The predicted molar refractivity (Wildman–Crippen MR) is 99.8 cm³/mol. The van der Waals surface area contributed by atoms with Crippen LogP contribution in [0.1, 0.15) is 40.4 Å². The van der Waals surface area contributed by atoms with Crippen LogP contribution in [0.3, 0.4) is 0 Å². The summed E-state index contributed by atoms with van der Waals surface area (Å²) in [5.74, 6) is -1.47. The number of aliphatic carboxylic acids is 1. The van der Waals surface area contributed by atoms with Crippen LogP contribution < -0.4 is 5.32 Å². The molecule has 0 radical (unpaired) electrons. The fourth-order valence-corrected chi connectivity index (χ4v) is 2.86. The number of rotatable bonds is 6. The molecule has 0 bridgehead atoms. The van der Waals surface area contributed by atoms with Crippen molar-refractivity contribution in [2.45, 2.75) is 33.4 Å². The van der Waals surface area contributed by atoms with E-state index in [0.29, 0.717) is 12.2 Å². The second kappa shape index (κ2) is 7.45. The third kappa shape index (κ3) is 4.05. The Bertz CT molecular complexity index is 989. The van der Waals surface area contributed by atoms with Crippen LogP contribution in [-0.4, -0.2) is 36.5 Å². The highest BCUT2D eigenvalue weighted by molar-refractivity contribution is 6.03. The second-order valence-electron chi connectivity index (χ2n) is 6.41. The van der Waals surface area contributed by atoms with Crippen LogP contribution in [0.15, 0.2) is 42.6 Å². The van der Waals surface area contributed by atoms with Gasteiger partial charge in [0.05, 0.1) is 12.2 Å². The van der Waals surface area contributed by atoms with Crippen molar-refractivity contribution >= 4 is 17.6 Å². The smallest absolute Gasteiger partial charge is 0.328 e. The lowest BCUT2D eigenvalue weighted by Gasteiger charge is -2.12. The summed E-state index contributed by atoms with van der Waals surface area (Å²) in [5.41, 5.74) is 3.82. The van der Waals surface area contributed by atoms with E-state index < -0.39 is 17.9 Å². The van der Waals surface area contributed by atoms with E-state index in [2.05, 4.69) is 15.5 Å². The monoisotopic (exact) mass is 367 g/mol. The minimum Gasteiger partial charge on any atom is -0.480 e. The topological polar surface area (TPSA) is 102 Å². The fraction of sp³-hybridized carbons (Fsp3) is 0.263. The number of hydrogen-bond acceptors (Lipinski definition) is 4. The molecule has 27 heavy (non-hydrogen) atoms. The van der Waals surface area contributed by atoms with Gasteiger partial charge in [0.2, 0.25) is 0 Å². The third-order valence-electron chi connectivity index (χ3n) is 4.25. The van der Waals surface area contributed by atoms with Crippen molar-refractivity contribution in [3.63, 3.8) is 0 Å². The maximum atomic E-state index is 12.6. The summed E-state index contributed by atoms with van der Waals surface area (Å²) in [4.78, 5) is 23.7. The largest absolute Gasteiger partial charge is 0.480 e. The number of amides is 1. The Hall–Kier alpha value is -3.42. The first-order chi connectivity index (χ1) is 12.8. The van der Waals surface area contributed by atoms with Gasteiger partial charge < -0.3 is 10.4 Å². The van der Waals surface area contributed by atoms with Crippen molar-refractivity contribution < 1.29 is 14.7 Å². The molecule has 0 aliphatic heterocycles. The minimum absolute atomic E-state index is 0.189. The molecule has 8 nitrogen and oxygen atoms in total. The van der Waals surface area contributed by atoms with Gasteiger partial charge in [-0.15, -0.1) is 0 Å². The molecular formula is C19H21N5O3. The standard InChI is InChI=1S/C19H21N5O3/c1-12-9-13(2)23(22-12)11-15-5-4-6-16(10-15)21-18(25)17-7-8-20-24(17)14(3)19(26)27/h4-10,14H,11H2,1-3H3,(H,21,25)(H,26,27). The molecule has 0 aliphatic carbocycles. The summed E-state index contributed by atoms with van der Waals surface area (Å²) in [5, 5.41) is 20.3. The first-order valence-electron chi connectivity index (χ1n) is 8.53. The van der Waals surface area contributed by atoms with E-state index in [1.165, 1.54) is 23.9 Å². The van der Waals surface area contributed by atoms with Crippen LogP contribution in [0, 0.1) is 13.8 Å². The molecule has 2 N–H and O–H groups in total. The van der Waals surface area contributed by atoms with Crippen molar-refractivity contribution in [1.82, 2.24) is 19.6 Å². The summed E-state index contributed by atoms with van der Waals surface area (Å²) in [7, 11) is 0. The maximum Gasteiger partial charge on any atom is 0.328 e. The number of carbonyl (C=O) groups is 2. The maximum absolute atomic E-state index is 12.6. The number of carboxylic acids is 1. The Balaban J connectivity index is 1.77. The lowest BCUT2D eigenvalue weighted by atomic mass is 10.2. The van der Waals surface area contributed by atoms with E-state index in [0.717, 1.165) is 17.0 Å². The number of aryl methyl sites for hydroxylation is 2. The van der Waals surface area contributed by atoms with E-state index in [9.17, 15) is 9.59 Å². The van der Waals surface area contributed by atoms with Crippen molar-refractivity contribution in [1.29, 1.82) is 0 Å². The number of aromatic nitrogens is 4. The highest BCUT2D eigenvalue weighted by Gasteiger charge is 2.21. The summed E-state index contributed by atoms with van der Waals surface area (Å²) < 4.78 is 3.09. The average molecular weight is 367 g/mol. The van der Waals surface area contributed by atoms with Gasteiger partial charge in [-0.1, -0.05) is 12.1 Å². The molecule has 1 unspecified atom stereocenters.